The van der Waals surface area contributed by atoms with Crippen LogP contribution in [0.2, 0.25) is 10.6 Å². The summed E-state index contributed by atoms with van der Waals surface area (Å²) in [5.41, 5.74) is 0. The first-order valence-electron chi connectivity index (χ1n) is 4.15. The Kier molecular flexibility index (Phi) is 5.89. The van der Waals surface area contributed by atoms with E-state index >= 15 is 0 Å². The van der Waals surface area contributed by atoms with Crippen molar-refractivity contribution in [1.29, 1.82) is 0 Å². The SMILES string of the molecule is C1CC[Se]CCCCSC1. The molecule has 0 bridgehead atoms. The summed E-state index contributed by atoms with van der Waals surface area (Å²) in [6.45, 7) is 0. The van der Waals surface area contributed by atoms with Gasteiger partial charge in [-0.15, -0.1) is 0 Å². The van der Waals surface area contributed by atoms with E-state index in [1.54, 1.807) is 10.6 Å². The molecule has 0 radical (unpaired) electrons. The zero-order chi connectivity index (χ0) is 7.07. The normalized spacial score (nSPS) is 24.0. The Bertz CT molecular complexity index is 42.4. The molecule has 0 atom stereocenters. The zero-order valence-electron chi connectivity index (χ0n) is 6.47. The van der Waals surface area contributed by atoms with Crippen LogP contribution in [0, 0.1) is 0 Å². The Morgan fingerprint density at radius 2 is 1.40 bits per heavy atom. The van der Waals surface area contributed by atoms with Gasteiger partial charge in [0, 0.05) is 0 Å². The van der Waals surface area contributed by atoms with E-state index in [1.807, 2.05) is 0 Å². The van der Waals surface area contributed by atoms with Gasteiger partial charge in [0.15, 0.2) is 0 Å². The summed E-state index contributed by atoms with van der Waals surface area (Å²) in [4.78, 5) is 0. The van der Waals surface area contributed by atoms with Crippen LogP contribution in [-0.2, 0) is 0 Å². The Labute approximate surface area is 74.7 Å². The van der Waals surface area contributed by atoms with E-state index in [2.05, 4.69) is 11.8 Å². The molecule has 1 aliphatic rings. The first-order chi connectivity index (χ1) is 5.00. The fourth-order valence-electron chi connectivity index (χ4n) is 1.02. The van der Waals surface area contributed by atoms with Crippen LogP contribution in [0.25, 0.3) is 0 Å². The molecule has 60 valence electrons. The van der Waals surface area contributed by atoms with Crippen LogP contribution < -0.4 is 0 Å². The third-order valence-corrected chi connectivity index (χ3v) is 5.23. The van der Waals surface area contributed by atoms with E-state index in [4.69, 9.17) is 0 Å². The third-order valence-electron chi connectivity index (χ3n) is 1.65. The average molecular weight is 223 g/mol. The molecule has 1 fully saturated rings. The second kappa shape index (κ2) is 6.57. The van der Waals surface area contributed by atoms with Crippen LogP contribution >= 0.6 is 11.8 Å². The summed E-state index contributed by atoms with van der Waals surface area (Å²) in [7, 11) is 0. The molecule has 0 aromatic heterocycles. The van der Waals surface area contributed by atoms with E-state index in [1.165, 1.54) is 37.2 Å². The molecule has 1 saturated heterocycles. The Morgan fingerprint density at radius 3 is 2.00 bits per heavy atom. The molecule has 10 heavy (non-hydrogen) atoms. The van der Waals surface area contributed by atoms with Crippen molar-refractivity contribution in [3.8, 4) is 0 Å². The van der Waals surface area contributed by atoms with Crippen LogP contribution in [0.4, 0.5) is 0 Å². The standard InChI is InChI=1S/C8H16SSe/c1-3-7-10-8-4-2-6-9-5-1/h1-8H2. The summed E-state index contributed by atoms with van der Waals surface area (Å²) < 4.78 is 0. The van der Waals surface area contributed by atoms with Gasteiger partial charge >= 0.3 is 74.5 Å². The average Bonchev–Trinajstić information content (AvgIpc) is 2.01. The van der Waals surface area contributed by atoms with Crippen molar-refractivity contribution in [3.63, 3.8) is 0 Å². The van der Waals surface area contributed by atoms with Gasteiger partial charge < -0.3 is 0 Å². The van der Waals surface area contributed by atoms with Gasteiger partial charge in [-0.3, -0.25) is 0 Å². The minimum absolute atomic E-state index is 1.00. The number of hydrogen-bond acceptors (Lipinski definition) is 1. The molecule has 0 spiro atoms. The van der Waals surface area contributed by atoms with Crippen LogP contribution in [0.3, 0.4) is 0 Å². The van der Waals surface area contributed by atoms with Crippen LogP contribution in [0.15, 0.2) is 0 Å². The van der Waals surface area contributed by atoms with E-state index in [0.29, 0.717) is 0 Å². The predicted molar refractivity (Wildman–Crippen MR) is 51.2 cm³/mol. The molecule has 0 aromatic carbocycles. The Hall–Kier alpha value is 0.869. The first-order valence-corrected chi connectivity index (χ1v) is 7.73. The predicted octanol–water partition coefficient (Wildman–Crippen LogP) is 2.83. The van der Waals surface area contributed by atoms with Crippen molar-refractivity contribution >= 4 is 26.7 Å². The van der Waals surface area contributed by atoms with Crippen molar-refractivity contribution in [2.24, 2.45) is 0 Å². The number of hydrogen-bond donors (Lipinski definition) is 0. The molecule has 1 rings (SSSR count). The van der Waals surface area contributed by atoms with Crippen LogP contribution in [0.1, 0.15) is 25.7 Å². The summed E-state index contributed by atoms with van der Waals surface area (Å²) in [6.07, 6.45) is 5.97. The molecular weight excluding hydrogens is 207 g/mol. The molecule has 0 aliphatic carbocycles. The molecule has 0 nitrogen and oxygen atoms in total. The summed E-state index contributed by atoms with van der Waals surface area (Å²) in [5.74, 6) is 2.85. The molecule has 0 aromatic rings. The maximum absolute atomic E-state index is 2.16. The van der Waals surface area contributed by atoms with Gasteiger partial charge in [-0.2, -0.15) is 0 Å². The van der Waals surface area contributed by atoms with Crippen molar-refractivity contribution in [1.82, 2.24) is 0 Å². The van der Waals surface area contributed by atoms with Crippen molar-refractivity contribution in [2.45, 2.75) is 36.3 Å². The molecule has 1 aliphatic heterocycles. The van der Waals surface area contributed by atoms with Crippen molar-refractivity contribution < 1.29 is 0 Å². The van der Waals surface area contributed by atoms with Gasteiger partial charge in [-0.25, -0.2) is 0 Å². The quantitative estimate of drug-likeness (QED) is 0.569. The van der Waals surface area contributed by atoms with Crippen LogP contribution in [-0.4, -0.2) is 26.5 Å². The molecular formula is C8H16SSe. The third kappa shape index (κ3) is 4.65. The maximum atomic E-state index is 2.16. The van der Waals surface area contributed by atoms with Gasteiger partial charge in [-0.1, -0.05) is 0 Å². The van der Waals surface area contributed by atoms with Crippen LogP contribution in [0.5, 0.6) is 0 Å². The fourth-order valence-corrected chi connectivity index (χ4v) is 4.18. The second-order valence-electron chi connectivity index (χ2n) is 2.64. The molecule has 1 heterocycles. The fraction of sp³-hybridized carbons (Fsp3) is 1.00. The minimum atomic E-state index is 1.00. The van der Waals surface area contributed by atoms with Gasteiger partial charge in [0.25, 0.3) is 0 Å². The van der Waals surface area contributed by atoms with Gasteiger partial charge in [-0.05, 0) is 0 Å². The van der Waals surface area contributed by atoms with Gasteiger partial charge in [0.1, 0.15) is 0 Å². The first kappa shape index (κ1) is 8.96. The summed E-state index contributed by atoms with van der Waals surface area (Å²) in [6, 6.07) is 0. The van der Waals surface area contributed by atoms with Gasteiger partial charge in [0.05, 0.1) is 0 Å². The molecule has 2 heteroatoms. The van der Waals surface area contributed by atoms with Gasteiger partial charge in [0.2, 0.25) is 0 Å². The number of thioether (sulfide) groups is 1. The molecule has 0 saturated carbocycles. The van der Waals surface area contributed by atoms with E-state index in [9.17, 15) is 0 Å². The van der Waals surface area contributed by atoms with E-state index in [-0.39, 0.29) is 0 Å². The molecule has 0 amide bonds. The second-order valence-corrected chi connectivity index (χ2v) is 6.43. The van der Waals surface area contributed by atoms with Crippen molar-refractivity contribution in [2.75, 3.05) is 11.5 Å². The Balaban J connectivity index is 2.00. The molecule has 0 N–H and O–H groups in total. The molecule has 0 unspecified atom stereocenters. The summed E-state index contributed by atoms with van der Waals surface area (Å²) >= 11 is 3.16. The van der Waals surface area contributed by atoms with E-state index < -0.39 is 0 Å². The van der Waals surface area contributed by atoms with E-state index in [0.717, 1.165) is 15.0 Å². The zero-order valence-corrected chi connectivity index (χ0v) is 9.00. The monoisotopic (exact) mass is 224 g/mol. The number of rotatable bonds is 0. The summed E-state index contributed by atoms with van der Waals surface area (Å²) in [5, 5.41) is 3.10. The Morgan fingerprint density at radius 1 is 0.800 bits per heavy atom. The topological polar surface area (TPSA) is 0 Å². The van der Waals surface area contributed by atoms with Crippen molar-refractivity contribution in [3.05, 3.63) is 0 Å².